The number of fused-ring (bicyclic) bond motifs is 1. The molecule has 1 atom stereocenters. The van der Waals surface area contributed by atoms with Gasteiger partial charge in [-0.1, -0.05) is 6.07 Å². The van der Waals surface area contributed by atoms with Gasteiger partial charge < -0.3 is 33.5 Å². The molecule has 2 aliphatic heterocycles. The predicted molar refractivity (Wildman–Crippen MR) is 142 cm³/mol. The number of aromatic nitrogens is 2. The van der Waals surface area contributed by atoms with Crippen LogP contribution in [0.4, 0.5) is 0 Å². The summed E-state index contributed by atoms with van der Waals surface area (Å²) in [7, 11) is 0. The van der Waals surface area contributed by atoms with E-state index in [1.807, 2.05) is 24.6 Å². The summed E-state index contributed by atoms with van der Waals surface area (Å²) in [4.78, 5) is 32.4. The fourth-order valence-electron chi connectivity index (χ4n) is 4.88. The molecule has 1 aromatic heterocycles. The van der Waals surface area contributed by atoms with Crippen LogP contribution in [0.15, 0.2) is 60.7 Å². The van der Waals surface area contributed by atoms with Crippen LogP contribution in [0.3, 0.4) is 0 Å². The molecule has 2 aromatic carbocycles. The van der Waals surface area contributed by atoms with Gasteiger partial charge >= 0.3 is 0 Å². The van der Waals surface area contributed by atoms with Gasteiger partial charge in [-0.3, -0.25) is 9.59 Å². The Labute approximate surface area is 226 Å². The molecule has 0 aliphatic carbocycles. The number of benzene rings is 2. The minimum atomic E-state index is -0.823. The number of carbonyl (C=O) groups excluding carboxylic acids is 2. The first-order valence-corrected chi connectivity index (χ1v) is 13.1. The standard InChI is InChI=1S/C29H31N3O7/c1-3-36-21-8-6-19(16-23(21)37-4-2)26-25(27(33)20-7-9-22-24(17-20)39-15-14-38-22)28(34)29(35)32(26)12-5-11-31-13-10-30-18-31/h6-10,13,16-18,26,33H,3-5,11-12,14-15H2,1-2H3/b27-25+/t26-/m0/s1. The van der Waals surface area contributed by atoms with Gasteiger partial charge in [0.1, 0.15) is 19.0 Å². The second-order valence-electron chi connectivity index (χ2n) is 9.08. The highest BCUT2D eigenvalue weighted by molar-refractivity contribution is 6.46. The van der Waals surface area contributed by atoms with E-state index in [0.717, 1.165) is 0 Å². The molecule has 1 saturated heterocycles. The van der Waals surface area contributed by atoms with Crippen LogP contribution in [0, 0.1) is 0 Å². The van der Waals surface area contributed by atoms with E-state index in [4.69, 9.17) is 18.9 Å². The lowest BCUT2D eigenvalue weighted by atomic mass is 9.94. The number of aliphatic hydroxyl groups is 1. The van der Waals surface area contributed by atoms with Crippen LogP contribution in [0.5, 0.6) is 23.0 Å². The lowest BCUT2D eigenvalue weighted by molar-refractivity contribution is -0.139. The Bertz CT molecular complexity index is 1380. The number of aliphatic hydroxyl groups excluding tert-OH is 1. The maximum Gasteiger partial charge on any atom is 0.295 e. The van der Waals surface area contributed by atoms with Gasteiger partial charge in [-0.25, -0.2) is 4.98 Å². The molecule has 10 heteroatoms. The maximum absolute atomic E-state index is 13.4. The number of ether oxygens (including phenoxy) is 4. The molecule has 5 rings (SSSR count). The third-order valence-electron chi connectivity index (χ3n) is 6.61. The molecule has 39 heavy (non-hydrogen) atoms. The predicted octanol–water partition coefficient (Wildman–Crippen LogP) is 3.96. The van der Waals surface area contributed by atoms with Crippen LogP contribution < -0.4 is 18.9 Å². The molecular formula is C29H31N3O7. The van der Waals surface area contributed by atoms with Crippen molar-refractivity contribution in [3.63, 3.8) is 0 Å². The van der Waals surface area contributed by atoms with E-state index in [-0.39, 0.29) is 11.3 Å². The third-order valence-corrected chi connectivity index (χ3v) is 6.61. The Kier molecular flexibility index (Phi) is 7.72. The van der Waals surface area contributed by atoms with Gasteiger partial charge in [-0.2, -0.15) is 0 Å². The van der Waals surface area contributed by atoms with Crippen molar-refractivity contribution in [2.24, 2.45) is 0 Å². The minimum Gasteiger partial charge on any atom is -0.507 e. The van der Waals surface area contributed by atoms with Crippen LogP contribution in [0.2, 0.25) is 0 Å². The Balaban J connectivity index is 1.57. The Morgan fingerprint density at radius 3 is 2.51 bits per heavy atom. The van der Waals surface area contributed by atoms with E-state index in [1.165, 1.54) is 4.90 Å². The van der Waals surface area contributed by atoms with E-state index in [0.29, 0.717) is 80.1 Å². The lowest BCUT2D eigenvalue weighted by Crippen LogP contribution is -2.31. The number of likely N-dealkylation sites (tertiary alicyclic amines) is 1. The number of rotatable bonds is 10. The summed E-state index contributed by atoms with van der Waals surface area (Å²) >= 11 is 0. The average Bonchev–Trinajstić information content (AvgIpc) is 3.56. The molecular weight excluding hydrogens is 502 g/mol. The van der Waals surface area contributed by atoms with Crippen molar-refractivity contribution < 1.29 is 33.6 Å². The summed E-state index contributed by atoms with van der Waals surface area (Å²) in [6.07, 6.45) is 5.82. The van der Waals surface area contributed by atoms with E-state index >= 15 is 0 Å². The summed E-state index contributed by atoms with van der Waals surface area (Å²) in [6.45, 7) is 6.34. The van der Waals surface area contributed by atoms with Crippen LogP contribution in [0.1, 0.15) is 37.4 Å². The highest BCUT2D eigenvalue weighted by atomic mass is 16.6. The van der Waals surface area contributed by atoms with E-state index in [2.05, 4.69) is 4.98 Å². The number of amides is 1. The van der Waals surface area contributed by atoms with Gasteiger partial charge in [0.05, 0.1) is 31.2 Å². The maximum atomic E-state index is 13.4. The van der Waals surface area contributed by atoms with Crippen molar-refractivity contribution in [1.82, 2.24) is 14.5 Å². The number of ketones is 1. The van der Waals surface area contributed by atoms with Crippen molar-refractivity contribution in [2.45, 2.75) is 32.9 Å². The number of hydrogen-bond acceptors (Lipinski definition) is 8. The Morgan fingerprint density at radius 1 is 1.00 bits per heavy atom. The van der Waals surface area contributed by atoms with Gasteiger partial charge in [0.2, 0.25) is 0 Å². The number of hydrogen-bond donors (Lipinski definition) is 1. The number of nitrogens with zero attached hydrogens (tertiary/aromatic N) is 3. The van der Waals surface area contributed by atoms with Gasteiger partial charge in [0.15, 0.2) is 23.0 Å². The van der Waals surface area contributed by atoms with Crippen molar-refractivity contribution in [3.05, 3.63) is 71.8 Å². The molecule has 2 aliphatic rings. The number of aryl methyl sites for hydroxylation is 1. The molecule has 0 saturated carbocycles. The lowest BCUT2D eigenvalue weighted by Gasteiger charge is -2.26. The second kappa shape index (κ2) is 11.5. The molecule has 1 N–H and O–H groups in total. The molecule has 3 aromatic rings. The molecule has 1 fully saturated rings. The van der Waals surface area contributed by atoms with Gasteiger partial charge in [0, 0.05) is 31.0 Å². The zero-order valence-electron chi connectivity index (χ0n) is 22.0. The van der Waals surface area contributed by atoms with Crippen LogP contribution in [0.25, 0.3) is 5.76 Å². The zero-order valence-corrected chi connectivity index (χ0v) is 22.0. The van der Waals surface area contributed by atoms with Gasteiger partial charge in [0.25, 0.3) is 11.7 Å². The summed E-state index contributed by atoms with van der Waals surface area (Å²) in [5.41, 5.74) is 0.991. The molecule has 10 nitrogen and oxygen atoms in total. The van der Waals surface area contributed by atoms with Crippen LogP contribution in [-0.4, -0.2) is 64.2 Å². The van der Waals surface area contributed by atoms with E-state index in [1.54, 1.807) is 48.9 Å². The fraction of sp³-hybridized carbons (Fsp3) is 0.345. The summed E-state index contributed by atoms with van der Waals surface area (Å²) < 4.78 is 24.7. The smallest absolute Gasteiger partial charge is 0.295 e. The molecule has 3 heterocycles. The average molecular weight is 534 g/mol. The SMILES string of the molecule is CCOc1ccc([C@H]2/C(=C(\O)c3ccc4c(c3)OCCO4)C(=O)C(=O)N2CCCn2ccnc2)cc1OCC. The van der Waals surface area contributed by atoms with Crippen molar-refractivity contribution in [3.8, 4) is 23.0 Å². The summed E-state index contributed by atoms with van der Waals surface area (Å²) in [6, 6.07) is 9.46. The third kappa shape index (κ3) is 5.27. The van der Waals surface area contributed by atoms with Crippen LogP contribution >= 0.6 is 0 Å². The normalized spacial score (nSPS) is 17.9. The van der Waals surface area contributed by atoms with E-state index < -0.39 is 17.7 Å². The molecule has 1 amide bonds. The molecule has 0 bridgehead atoms. The first kappa shape index (κ1) is 26.1. The first-order chi connectivity index (χ1) is 19.0. The summed E-state index contributed by atoms with van der Waals surface area (Å²) in [5.74, 6) is 0.392. The molecule has 0 spiro atoms. The van der Waals surface area contributed by atoms with E-state index in [9.17, 15) is 14.7 Å². The Hall–Kier alpha value is -4.47. The highest BCUT2D eigenvalue weighted by Crippen LogP contribution is 2.43. The molecule has 0 unspecified atom stereocenters. The van der Waals surface area contributed by atoms with Gasteiger partial charge in [-0.15, -0.1) is 0 Å². The van der Waals surface area contributed by atoms with Crippen molar-refractivity contribution in [2.75, 3.05) is 33.0 Å². The quantitative estimate of drug-likeness (QED) is 0.237. The summed E-state index contributed by atoms with van der Waals surface area (Å²) in [5, 5.41) is 11.5. The van der Waals surface area contributed by atoms with Crippen molar-refractivity contribution >= 4 is 17.4 Å². The van der Waals surface area contributed by atoms with Gasteiger partial charge in [-0.05, 0) is 56.2 Å². The topological polar surface area (TPSA) is 112 Å². The number of imidazole rings is 1. The second-order valence-corrected chi connectivity index (χ2v) is 9.08. The largest absolute Gasteiger partial charge is 0.507 e. The highest BCUT2D eigenvalue weighted by Gasteiger charge is 2.46. The first-order valence-electron chi connectivity index (χ1n) is 13.1. The monoisotopic (exact) mass is 533 g/mol. The Morgan fingerprint density at radius 2 is 1.77 bits per heavy atom. The minimum absolute atomic E-state index is 0.00548. The molecule has 204 valence electrons. The van der Waals surface area contributed by atoms with Crippen LogP contribution in [-0.2, 0) is 16.1 Å². The fourth-order valence-corrected chi connectivity index (χ4v) is 4.88. The number of Topliss-reactive ketones (excluding diaryl/α,β-unsaturated/α-hetero) is 1. The number of carbonyl (C=O) groups is 2. The zero-order chi connectivity index (χ0) is 27.4. The molecule has 0 radical (unpaired) electrons. The van der Waals surface area contributed by atoms with Crippen molar-refractivity contribution in [1.29, 1.82) is 0 Å².